The summed E-state index contributed by atoms with van der Waals surface area (Å²) in [7, 11) is -3.53. The van der Waals surface area contributed by atoms with Crippen LogP contribution >= 0.6 is 0 Å². The Morgan fingerprint density at radius 1 is 1.32 bits per heavy atom. The number of nitrogens with zero attached hydrogens (tertiary/aromatic N) is 4. The van der Waals surface area contributed by atoms with E-state index in [0.717, 1.165) is 19.3 Å². The molecule has 9 heteroatoms. The highest BCUT2D eigenvalue weighted by Gasteiger charge is 2.24. The predicted octanol–water partition coefficient (Wildman–Crippen LogP) is 2.23. The van der Waals surface area contributed by atoms with E-state index in [1.807, 2.05) is 19.9 Å². The number of anilines is 1. The third-order valence-corrected chi connectivity index (χ3v) is 5.44. The Morgan fingerprint density at radius 3 is 2.84 bits per heavy atom. The van der Waals surface area contributed by atoms with Crippen LogP contribution in [0.1, 0.15) is 39.2 Å². The Morgan fingerprint density at radius 2 is 2.12 bits per heavy atom. The van der Waals surface area contributed by atoms with E-state index >= 15 is 0 Å². The molecular formula is C16H23N5O3S. The maximum atomic E-state index is 12.6. The number of ether oxygens (including phenoxy) is 1. The molecule has 1 aliphatic rings. The van der Waals surface area contributed by atoms with Gasteiger partial charge in [-0.1, -0.05) is 12.1 Å². The SMILES string of the molecule is CC(C)n1nnnc1-c1ccccc1NS(=O)(=O)C[C@@H]1CCCCO1. The van der Waals surface area contributed by atoms with Crippen molar-refractivity contribution in [2.75, 3.05) is 17.1 Å². The molecule has 25 heavy (non-hydrogen) atoms. The van der Waals surface area contributed by atoms with E-state index in [9.17, 15) is 8.42 Å². The van der Waals surface area contributed by atoms with Gasteiger partial charge in [0.15, 0.2) is 5.82 Å². The smallest absolute Gasteiger partial charge is 0.235 e. The van der Waals surface area contributed by atoms with Gasteiger partial charge in [0.05, 0.1) is 23.6 Å². The quantitative estimate of drug-likeness (QED) is 0.843. The van der Waals surface area contributed by atoms with Crippen LogP contribution in [0.2, 0.25) is 0 Å². The second-order valence-electron chi connectivity index (χ2n) is 6.46. The van der Waals surface area contributed by atoms with Gasteiger partial charge in [-0.3, -0.25) is 4.72 Å². The third-order valence-electron chi connectivity index (χ3n) is 4.09. The van der Waals surface area contributed by atoms with E-state index in [0.29, 0.717) is 23.7 Å². The van der Waals surface area contributed by atoms with Crippen LogP contribution in [-0.2, 0) is 14.8 Å². The van der Waals surface area contributed by atoms with Crippen LogP contribution in [0.25, 0.3) is 11.4 Å². The fourth-order valence-corrected chi connectivity index (χ4v) is 4.23. The van der Waals surface area contributed by atoms with Gasteiger partial charge < -0.3 is 4.74 Å². The zero-order valence-corrected chi connectivity index (χ0v) is 15.2. The lowest BCUT2D eigenvalue weighted by atomic mass is 10.1. The minimum absolute atomic E-state index is 0.0452. The number of benzene rings is 1. The first kappa shape index (κ1) is 17.8. The van der Waals surface area contributed by atoms with E-state index in [1.54, 1.807) is 22.9 Å². The number of hydrogen-bond donors (Lipinski definition) is 1. The normalized spacial score (nSPS) is 18.4. The average Bonchev–Trinajstić information content (AvgIpc) is 3.05. The molecule has 1 aromatic carbocycles. The number of aromatic nitrogens is 4. The molecule has 1 saturated heterocycles. The Labute approximate surface area is 147 Å². The van der Waals surface area contributed by atoms with Gasteiger partial charge in [0, 0.05) is 12.2 Å². The molecule has 2 heterocycles. The van der Waals surface area contributed by atoms with Crippen molar-refractivity contribution in [3.05, 3.63) is 24.3 Å². The molecule has 0 amide bonds. The third kappa shape index (κ3) is 4.35. The molecule has 1 fully saturated rings. The minimum Gasteiger partial charge on any atom is -0.377 e. The largest absolute Gasteiger partial charge is 0.377 e. The average molecular weight is 365 g/mol. The summed E-state index contributed by atoms with van der Waals surface area (Å²) in [4.78, 5) is 0. The molecule has 0 bridgehead atoms. The lowest BCUT2D eigenvalue weighted by Gasteiger charge is -2.23. The molecule has 0 saturated carbocycles. The highest BCUT2D eigenvalue weighted by atomic mass is 32.2. The van der Waals surface area contributed by atoms with Crippen molar-refractivity contribution in [2.24, 2.45) is 0 Å². The molecule has 1 aliphatic heterocycles. The highest BCUT2D eigenvalue weighted by Crippen LogP contribution is 2.28. The standard InChI is InChI=1S/C16H23N5O3S/c1-12(2)21-16(17-19-20-21)14-8-3-4-9-15(14)18-25(22,23)11-13-7-5-6-10-24-13/h3-4,8-9,12-13,18H,5-7,10-11H2,1-2H3/t13-/m0/s1. The van der Waals surface area contributed by atoms with Gasteiger partial charge in [-0.25, -0.2) is 13.1 Å². The van der Waals surface area contributed by atoms with Crippen LogP contribution in [-0.4, -0.2) is 47.1 Å². The van der Waals surface area contributed by atoms with Crippen molar-refractivity contribution < 1.29 is 13.2 Å². The summed E-state index contributed by atoms with van der Waals surface area (Å²) >= 11 is 0. The van der Waals surface area contributed by atoms with Gasteiger partial charge in [0.2, 0.25) is 10.0 Å². The fourth-order valence-electron chi connectivity index (χ4n) is 2.88. The number of sulfonamides is 1. The van der Waals surface area contributed by atoms with Gasteiger partial charge in [-0.2, -0.15) is 0 Å². The second-order valence-corrected chi connectivity index (χ2v) is 8.23. The molecule has 8 nitrogen and oxygen atoms in total. The summed E-state index contributed by atoms with van der Waals surface area (Å²) in [6.07, 6.45) is 2.51. The highest BCUT2D eigenvalue weighted by molar-refractivity contribution is 7.92. The van der Waals surface area contributed by atoms with Crippen LogP contribution in [0.5, 0.6) is 0 Å². The van der Waals surface area contributed by atoms with Crippen molar-refractivity contribution in [3.63, 3.8) is 0 Å². The van der Waals surface area contributed by atoms with Gasteiger partial charge in [0.25, 0.3) is 0 Å². The molecule has 1 atom stereocenters. The monoisotopic (exact) mass is 365 g/mol. The minimum atomic E-state index is -3.53. The van der Waals surface area contributed by atoms with E-state index in [-0.39, 0.29) is 17.9 Å². The molecule has 0 spiro atoms. The topological polar surface area (TPSA) is 99.0 Å². The van der Waals surface area contributed by atoms with Crippen LogP contribution < -0.4 is 4.72 Å². The lowest BCUT2D eigenvalue weighted by molar-refractivity contribution is 0.0306. The van der Waals surface area contributed by atoms with Crippen LogP contribution in [0, 0.1) is 0 Å². The Hall–Kier alpha value is -2.00. The predicted molar refractivity (Wildman–Crippen MR) is 94.6 cm³/mol. The van der Waals surface area contributed by atoms with Crippen molar-refractivity contribution in [2.45, 2.75) is 45.3 Å². The molecule has 3 rings (SSSR count). The molecule has 1 aromatic heterocycles. The summed E-state index contributed by atoms with van der Waals surface area (Å²) in [6.45, 7) is 4.56. The van der Waals surface area contributed by atoms with E-state index < -0.39 is 10.0 Å². The van der Waals surface area contributed by atoms with Gasteiger partial charge in [-0.05, 0) is 55.7 Å². The van der Waals surface area contributed by atoms with E-state index in [4.69, 9.17) is 4.74 Å². The van der Waals surface area contributed by atoms with Gasteiger partial charge in [-0.15, -0.1) is 5.10 Å². The summed E-state index contributed by atoms with van der Waals surface area (Å²) in [5.74, 6) is 0.485. The molecule has 136 valence electrons. The second kappa shape index (κ2) is 7.49. The van der Waals surface area contributed by atoms with Crippen LogP contribution in [0.4, 0.5) is 5.69 Å². The summed E-state index contributed by atoms with van der Waals surface area (Å²) < 4.78 is 35.0. The molecule has 0 radical (unpaired) electrons. The molecule has 2 aromatic rings. The maximum Gasteiger partial charge on any atom is 0.235 e. The van der Waals surface area contributed by atoms with Gasteiger partial charge >= 0.3 is 0 Å². The van der Waals surface area contributed by atoms with Crippen LogP contribution in [0.3, 0.4) is 0 Å². The van der Waals surface area contributed by atoms with Crippen LogP contribution in [0.15, 0.2) is 24.3 Å². The first-order chi connectivity index (χ1) is 12.0. The molecule has 0 unspecified atom stereocenters. The first-order valence-corrected chi connectivity index (χ1v) is 10.1. The maximum absolute atomic E-state index is 12.6. The molecular weight excluding hydrogens is 342 g/mol. The van der Waals surface area contributed by atoms with Crippen molar-refractivity contribution >= 4 is 15.7 Å². The number of tetrazole rings is 1. The summed E-state index contributed by atoms with van der Waals surface area (Å²) in [5.41, 5.74) is 1.12. The number of para-hydroxylation sites is 1. The number of rotatable bonds is 6. The zero-order chi connectivity index (χ0) is 17.9. The lowest BCUT2D eigenvalue weighted by Crippen LogP contribution is -2.31. The number of nitrogens with one attached hydrogen (secondary N) is 1. The van der Waals surface area contributed by atoms with Crippen molar-refractivity contribution in [1.82, 2.24) is 20.2 Å². The summed E-state index contributed by atoms with van der Waals surface area (Å²) in [5, 5.41) is 11.8. The van der Waals surface area contributed by atoms with Gasteiger partial charge in [0.1, 0.15) is 0 Å². The molecule has 0 aliphatic carbocycles. The fraction of sp³-hybridized carbons (Fsp3) is 0.562. The van der Waals surface area contributed by atoms with Crippen molar-refractivity contribution in [3.8, 4) is 11.4 Å². The summed E-state index contributed by atoms with van der Waals surface area (Å²) in [6, 6.07) is 7.19. The zero-order valence-electron chi connectivity index (χ0n) is 14.4. The Kier molecular flexibility index (Phi) is 5.33. The van der Waals surface area contributed by atoms with Crippen molar-refractivity contribution in [1.29, 1.82) is 0 Å². The Balaban J connectivity index is 1.84. The first-order valence-electron chi connectivity index (χ1n) is 8.45. The van der Waals surface area contributed by atoms with E-state index in [2.05, 4.69) is 20.2 Å². The van der Waals surface area contributed by atoms with E-state index in [1.165, 1.54) is 0 Å². The Bertz CT molecular complexity index is 813. The molecule has 1 N–H and O–H groups in total. The number of hydrogen-bond acceptors (Lipinski definition) is 6.